The van der Waals surface area contributed by atoms with Crippen molar-refractivity contribution < 1.29 is 19.1 Å². The van der Waals surface area contributed by atoms with Crippen LogP contribution in [0.15, 0.2) is 25.3 Å². The molecule has 0 aliphatic carbocycles. The zero-order valence-corrected chi connectivity index (χ0v) is 18.7. The van der Waals surface area contributed by atoms with Crippen LogP contribution in [0.2, 0.25) is 0 Å². The third kappa shape index (κ3) is 18.6. The van der Waals surface area contributed by atoms with E-state index in [1.807, 2.05) is 61.5 Å². The number of nitrogens with one attached hydrogen (secondary N) is 1. The van der Waals surface area contributed by atoms with Crippen molar-refractivity contribution >= 4 is 12.2 Å². The van der Waals surface area contributed by atoms with E-state index in [-0.39, 0.29) is 24.0 Å². The fourth-order valence-electron chi connectivity index (χ4n) is 1.56. The van der Waals surface area contributed by atoms with Gasteiger partial charge >= 0.3 is 12.2 Å². The van der Waals surface area contributed by atoms with Crippen molar-refractivity contribution in [1.82, 2.24) is 10.2 Å². The van der Waals surface area contributed by atoms with Gasteiger partial charge in [0.2, 0.25) is 0 Å². The van der Waals surface area contributed by atoms with E-state index in [1.54, 1.807) is 18.0 Å². The minimum atomic E-state index is -0.429. The fourth-order valence-corrected chi connectivity index (χ4v) is 1.56. The molecule has 0 aromatic carbocycles. The minimum Gasteiger partial charge on any atom is -0.444 e. The Morgan fingerprint density at radius 3 is 1.78 bits per heavy atom. The van der Waals surface area contributed by atoms with Crippen LogP contribution in [0.25, 0.3) is 0 Å². The van der Waals surface area contributed by atoms with Gasteiger partial charge in [0.15, 0.2) is 0 Å². The summed E-state index contributed by atoms with van der Waals surface area (Å²) in [5.41, 5.74) is -0.857. The first-order valence-electron chi connectivity index (χ1n) is 9.27. The first kappa shape index (κ1) is 27.2. The highest BCUT2D eigenvalue weighted by molar-refractivity contribution is 5.68. The number of hydrogen-bond donors (Lipinski definition) is 1. The number of amides is 2. The summed E-state index contributed by atoms with van der Waals surface area (Å²) in [4.78, 5) is 24.2. The van der Waals surface area contributed by atoms with Gasteiger partial charge in [-0.25, -0.2) is 9.59 Å². The van der Waals surface area contributed by atoms with Crippen molar-refractivity contribution in [2.75, 3.05) is 20.1 Å². The Bertz CT molecular complexity index is 476. The van der Waals surface area contributed by atoms with Gasteiger partial charge in [0.05, 0.1) is 0 Å². The van der Waals surface area contributed by atoms with Gasteiger partial charge in [-0.1, -0.05) is 26.0 Å². The predicted molar refractivity (Wildman–Crippen MR) is 112 cm³/mol. The number of hydrogen-bond acceptors (Lipinski definition) is 4. The molecule has 2 unspecified atom stereocenters. The van der Waals surface area contributed by atoms with Crippen molar-refractivity contribution in [1.29, 1.82) is 0 Å². The van der Waals surface area contributed by atoms with Crippen LogP contribution >= 0.6 is 0 Å². The maximum atomic E-state index is 11.5. The van der Waals surface area contributed by atoms with Gasteiger partial charge in [0.1, 0.15) is 11.2 Å². The zero-order valence-electron chi connectivity index (χ0n) is 18.7. The summed E-state index contributed by atoms with van der Waals surface area (Å²) in [7, 11) is 1.73. The van der Waals surface area contributed by atoms with E-state index in [2.05, 4.69) is 18.5 Å². The minimum absolute atomic E-state index is 0.271. The van der Waals surface area contributed by atoms with E-state index >= 15 is 0 Å². The molecule has 0 spiro atoms. The maximum Gasteiger partial charge on any atom is 0.410 e. The monoisotopic (exact) mass is 384 g/mol. The standard InChI is InChI=1S/C11H21NO2.C10H19NO2/c1-7-9(2)8-12(6)10(13)14-11(3,4)5;1-6-8(2)7-11-9(12)13-10(3,4)5/h7,9H,1,8H2,2-6H3;6,8H,1,7H2,2-5H3,(H,11,12). The SMILES string of the molecule is C=CC(C)CN(C)C(=O)OC(C)(C)C.C=CC(C)CNC(=O)OC(C)(C)C. The number of rotatable bonds is 6. The van der Waals surface area contributed by atoms with E-state index in [4.69, 9.17) is 9.47 Å². The summed E-state index contributed by atoms with van der Waals surface area (Å²) >= 11 is 0. The first-order chi connectivity index (χ1) is 12.1. The summed E-state index contributed by atoms with van der Waals surface area (Å²) in [5, 5.41) is 2.66. The Balaban J connectivity index is 0. The maximum absolute atomic E-state index is 11.5. The summed E-state index contributed by atoms with van der Waals surface area (Å²) in [6.45, 7) is 23.6. The van der Waals surface area contributed by atoms with Crippen molar-refractivity contribution in [3.05, 3.63) is 25.3 Å². The second-order valence-electron chi connectivity index (χ2n) is 8.67. The molecule has 0 aliphatic heterocycles. The van der Waals surface area contributed by atoms with Crippen LogP contribution in [0, 0.1) is 11.8 Å². The van der Waals surface area contributed by atoms with Gasteiger partial charge in [-0.2, -0.15) is 0 Å². The molecule has 0 aliphatic rings. The predicted octanol–water partition coefficient (Wildman–Crippen LogP) is 5.01. The highest BCUT2D eigenvalue weighted by atomic mass is 16.6. The van der Waals surface area contributed by atoms with Gasteiger partial charge < -0.3 is 19.7 Å². The molecule has 0 bridgehead atoms. The van der Waals surface area contributed by atoms with E-state index in [1.165, 1.54) is 0 Å². The number of ether oxygens (including phenoxy) is 2. The molecule has 0 saturated heterocycles. The van der Waals surface area contributed by atoms with Crippen molar-refractivity contribution in [3.63, 3.8) is 0 Å². The van der Waals surface area contributed by atoms with Crippen LogP contribution < -0.4 is 5.32 Å². The van der Waals surface area contributed by atoms with E-state index in [0.29, 0.717) is 13.1 Å². The summed E-state index contributed by atoms with van der Waals surface area (Å²) < 4.78 is 10.2. The molecule has 0 fully saturated rings. The lowest BCUT2D eigenvalue weighted by atomic mass is 10.2. The van der Waals surface area contributed by atoms with Crippen molar-refractivity contribution in [2.45, 2.75) is 66.6 Å². The van der Waals surface area contributed by atoms with Crippen LogP contribution in [-0.2, 0) is 9.47 Å². The van der Waals surface area contributed by atoms with Gasteiger partial charge in [-0.05, 0) is 53.4 Å². The Hall–Kier alpha value is -1.98. The molecule has 27 heavy (non-hydrogen) atoms. The molecular formula is C21H40N2O4. The quantitative estimate of drug-likeness (QED) is 0.654. The third-order valence-corrected chi connectivity index (χ3v) is 3.04. The lowest BCUT2D eigenvalue weighted by Crippen LogP contribution is -2.36. The molecule has 2 amide bonds. The molecule has 6 heteroatoms. The lowest BCUT2D eigenvalue weighted by Gasteiger charge is -2.25. The molecule has 2 atom stereocenters. The highest BCUT2D eigenvalue weighted by Gasteiger charge is 2.20. The summed E-state index contributed by atoms with van der Waals surface area (Å²) in [6, 6.07) is 0. The number of nitrogens with zero attached hydrogens (tertiary/aromatic N) is 1. The van der Waals surface area contributed by atoms with Crippen LogP contribution in [0.4, 0.5) is 9.59 Å². The molecule has 0 aromatic heterocycles. The Labute approximate surface area is 166 Å². The molecule has 0 rings (SSSR count). The highest BCUT2D eigenvalue weighted by Crippen LogP contribution is 2.10. The zero-order chi connectivity index (χ0) is 21.8. The Kier molecular flexibility index (Phi) is 12.5. The molecule has 1 N–H and O–H groups in total. The molecular weight excluding hydrogens is 344 g/mol. The fraction of sp³-hybridized carbons (Fsp3) is 0.714. The number of alkyl carbamates (subject to hydrolysis) is 1. The van der Waals surface area contributed by atoms with E-state index in [0.717, 1.165) is 0 Å². The van der Waals surface area contributed by atoms with Crippen LogP contribution in [0.1, 0.15) is 55.4 Å². The summed E-state index contributed by atoms with van der Waals surface area (Å²) in [5.74, 6) is 0.556. The van der Waals surface area contributed by atoms with Crippen molar-refractivity contribution in [3.8, 4) is 0 Å². The second-order valence-corrected chi connectivity index (χ2v) is 8.67. The third-order valence-electron chi connectivity index (χ3n) is 3.04. The molecule has 0 aromatic rings. The second kappa shape index (κ2) is 12.4. The smallest absolute Gasteiger partial charge is 0.410 e. The first-order valence-corrected chi connectivity index (χ1v) is 9.27. The van der Waals surface area contributed by atoms with E-state index in [9.17, 15) is 9.59 Å². The molecule has 0 radical (unpaired) electrons. The Morgan fingerprint density at radius 2 is 1.41 bits per heavy atom. The normalized spacial score (nSPS) is 13.2. The van der Waals surface area contributed by atoms with Gasteiger partial charge in [-0.15, -0.1) is 13.2 Å². The molecule has 6 nitrogen and oxygen atoms in total. The Morgan fingerprint density at radius 1 is 0.963 bits per heavy atom. The number of carbonyl (C=O) groups excluding carboxylic acids is 2. The van der Waals surface area contributed by atoms with Crippen LogP contribution in [-0.4, -0.2) is 48.4 Å². The molecule has 158 valence electrons. The number of carbonyl (C=O) groups is 2. The average molecular weight is 385 g/mol. The van der Waals surface area contributed by atoms with Crippen LogP contribution in [0.3, 0.4) is 0 Å². The molecule has 0 heterocycles. The van der Waals surface area contributed by atoms with Gasteiger partial charge in [0.25, 0.3) is 0 Å². The van der Waals surface area contributed by atoms with E-state index < -0.39 is 11.2 Å². The summed E-state index contributed by atoms with van der Waals surface area (Å²) in [6.07, 6.45) is 2.95. The lowest BCUT2D eigenvalue weighted by molar-refractivity contribution is 0.0285. The average Bonchev–Trinajstić information content (AvgIpc) is 2.49. The topological polar surface area (TPSA) is 67.9 Å². The largest absolute Gasteiger partial charge is 0.444 e. The molecule has 0 saturated carbocycles. The van der Waals surface area contributed by atoms with Crippen molar-refractivity contribution in [2.24, 2.45) is 11.8 Å². The van der Waals surface area contributed by atoms with Gasteiger partial charge in [-0.3, -0.25) is 0 Å². The van der Waals surface area contributed by atoms with Gasteiger partial charge in [0, 0.05) is 20.1 Å². The van der Waals surface area contributed by atoms with Crippen LogP contribution in [0.5, 0.6) is 0 Å².